The fourth-order valence-electron chi connectivity index (χ4n) is 5.35. The van der Waals surface area contributed by atoms with Crippen molar-refractivity contribution in [3.05, 3.63) is 45.2 Å². The minimum absolute atomic E-state index is 0.00492. The van der Waals surface area contributed by atoms with Gasteiger partial charge in [0.05, 0.1) is 29.7 Å². The van der Waals surface area contributed by atoms with Gasteiger partial charge in [-0.05, 0) is 49.4 Å². The molecule has 0 amide bonds. The van der Waals surface area contributed by atoms with Crippen molar-refractivity contribution in [3.63, 3.8) is 0 Å². The summed E-state index contributed by atoms with van der Waals surface area (Å²) in [4.78, 5) is 52.4. The maximum atomic E-state index is 13.9. The Kier molecular flexibility index (Phi) is 11.0. The highest BCUT2D eigenvalue weighted by Crippen LogP contribution is 2.36. The van der Waals surface area contributed by atoms with Crippen LogP contribution in [0.3, 0.4) is 0 Å². The number of sulfonamides is 1. The smallest absolute Gasteiger partial charge is 0.477 e. The van der Waals surface area contributed by atoms with Gasteiger partial charge in [-0.3, -0.25) is 4.79 Å². The minimum Gasteiger partial charge on any atom is -0.493 e. The van der Waals surface area contributed by atoms with Crippen molar-refractivity contribution in [2.24, 2.45) is 12.5 Å². The van der Waals surface area contributed by atoms with Crippen LogP contribution in [-0.4, -0.2) is 79.5 Å². The summed E-state index contributed by atoms with van der Waals surface area (Å²) in [5.41, 5.74) is 2.55. The molecule has 1 saturated heterocycles. The molecule has 4 rings (SSSR count). The van der Waals surface area contributed by atoms with Crippen molar-refractivity contribution in [3.8, 4) is 17.1 Å². The molecule has 0 aliphatic carbocycles. The van der Waals surface area contributed by atoms with Gasteiger partial charge in [0, 0.05) is 31.7 Å². The van der Waals surface area contributed by atoms with E-state index in [4.69, 9.17) is 24.2 Å². The van der Waals surface area contributed by atoms with Crippen molar-refractivity contribution < 1.29 is 43.2 Å². The van der Waals surface area contributed by atoms with Crippen molar-refractivity contribution in [2.75, 3.05) is 47.1 Å². The van der Waals surface area contributed by atoms with E-state index in [0.717, 1.165) is 24.8 Å². The average molecular weight is 639 g/mol. The molecule has 44 heavy (non-hydrogen) atoms. The number of hydrogen-bond donors (Lipinski definition) is 2. The van der Waals surface area contributed by atoms with Gasteiger partial charge in [-0.15, -0.1) is 0 Å². The number of hydrogen-bond acceptors (Lipinski definition) is 10. The lowest BCUT2D eigenvalue weighted by Crippen LogP contribution is -2.82. The van der Waals surface area contributed by atoms with Crippen LogP contribution in [0.2, 0.25) is 0 Å². The number of ether oxygens (including phenoxy) is 1. The summed E-state index contributed by atoms with van der Waals surface area (Å²) in [5, 5.41) is 0.00492. The lowest BCUT2D eigenvalue weighted by Gasteiger charge is -2.38. The zero-order valence-corrected chi connectivity index (χ0v) is 26.6. The maximum absolute atomic E-state index is 13.9. The van der Waals surface area contributed by atoms with E-state index in [1.54, 1.807) is 17.7 Å². The number of aromatic nitrogens is 3. The predicted octanol–water partition coefficient (Wildman–Crippen LogP) is 1.77. The van der Waals surface area contributed by atoms with Crippen molar-refractivity contribution in [1.29, 1.82) is 0 Å². The number of nitrogens with two attached hydrogens (primary N) is 1. The summed E-state index contributed by atoms with van der Waals surface area (Å²) >= 11 is 0. The molecule has 3 N–H and O–H groups in total. The zero-order valence-electron chi connectivity index (χ0n) is 25.8. The van der Waals surface area contributed by atoms with E-state index in [0.29, 0.717) is 41.8 Å². The first kappa shape index (κ1) is 33.3. The van der Waals surface area contributed by atoms with E-state index in [1.807, 2.05) is 13.1 Å². The van der Waals surface area contributed by atoms with Gasteiger partial charge in [-0.1, -0.05) is 25.9 Å². The number of H-pyrrole nitrogens is 1. The van der Waals surface area contributed by atoms with Crippen LogP contribution in [0.5, 0.6) is 5.75 Å². The Morgan fingerprint density at radius 2 is 1.89 bits per heavy atom. The van der Waals surface area contributed by atoms with E-state index in [2.05, 4.69) is 16.7 Å². The molecule has 3 heterocycles. The monoisotopic (exact) mass is 638 g/mol. The molecule has 0 radical (unpaired) electrons. The summed E-state index contributed by atoms with van der Waals surface area (Å²) in [5.74, 6) is 0.652. The second-order valence-corrected chi connectivity index (χ2v) is 12.8. The lowest BCUT2D eigenvalue weighted by molar-refractivity contribution is -1.07. The van der Waals surface area contributed by atoms with Gasteiger partial charge in [0.25, 0.3) is 5.56 Å². The Morgan fingerprint density at radius 1 is 1.14 bits per heavy atom. The van der Waals surface area contributed by atoms with Gasteiger partial charge >= 0.3 is 5.09 Å². The molecule has 0 saturated carbocycles. The van der Waals surface area contributed by atoms with Crippen LogP contribution in [0.25, 0.3) is 22.4 Å². The number of nitrogens with zero attached hydrogens (tertiary/aromatic N) is 4. The van der Waals surface area contributed by atoms with E-state index < -0.39 is 15.4 Å². The van der Waals surface area contributed by atoms with Crippen molar-refractivity contribution >= 4 is 21.1 Å². The Bertz CT molecular complexity index is 1610. The molecule has 0 atom stereocenters. The molecular formula is C28H42N6O9S+2. The fraction of sp³-hybridized carbons (Fsp3) is 0.571. The molecule has 2 aromatic heterocycles. The molecule has 1 fully saturated rings. The van der Waals surface area contributed by atoms with Crippen LogP contribution in [-0.2, 0) is 42.8 Å². The van der Waals surface area contributed by atoms with Crippen molar-refractivity contribution in [2.45, 2.75) is 50.8 Å². The quantitative estimate of drug-likeness (QED) is 0.174. The molecule has 242 valence electrons. The average Bonchev–Trinajstić information content (AvgIpc) is 3.34. The van der Waals surface area contributed by atoms with E-state index in [9.17, 15) is 18.1 Å². The van der Waals surface area contributed by atoms with Gasteiger partial charge in [0.15, 0.2) is 13.7 Å². The zero-order chi connectivity index (χ0) is 31.9. The lowest BCUT2D eigenvalue weighted by atomic mass is 9.80. The normalized spacial score (nSPS) is 15.4. The summed E-state index contributed by atoms with van der Waals surface area (Å²) in [6.07, 6.45) is 4.97. The topological polar surface area (TPSA) is 171 Å². The van der Waals surface area contributed by atoms with E-state index in [1.165, 1.54) is 36.3 Å². The first-order valence-electron chi connectivity index (χ1n) is 14.5. The van der Waals surface area contributed by atoms with Crippen LogP contribution in [0, 0.1) is 10.3 Å². The molecule has 15 nitrogen and oxygen atoms in total. The third kappa shape index (κ3) is 7.21. The third-order valence-corrected chi connectivity index (χ3v) is 9.58. The Labute approximate surface area is 255 Å². The van der Waals surface area contributed by atoms with Crippen LogP contribution in [0.4, 0.5) is 0 Å². The molecule has 0 spiro atoms. The van der Waals surface area contributed by atoms with E-state index in [-0.39, 0.29) is 47.7 Å². The van der Waals surface area contributed by atoms with E-state index >= 15 is 0 Å². The molecule has 1 aliphatic heterocycles. The molecule has 1 aliphatic rings. The van der Waals surface area contributed by atoms with Crippen LogP contribution < -0.4 is 15.9 Å². The molecular weight excluding hydrogens is 596 g/mol. The third-order valence-electron chi connectivity index (χ3n) is 7.69. The number of quaternary nitrogens is 1. The number of aromatic amines is 1. The summed E-state index contributed by atoms with van der Waals surface area (Å²) in [7, 11) is 0.471. The summed E-state index contributed by atoms with van der Waals surface area (Å²) < 4.78 is 37.0. The van der Waals surface area contributed by atoms with Crippen LogP contribution >= 0.6 is 0 Å². The minimum atomic E-state index is -3.96. The van der Waals surface area contributed by atoms with Gasteiger partial charge in [0.1, 0.15) is 28.6 Å². The number of fused-ring (bicyclic) bond motifs is 1. The Morgan fingerprint density at radius 3 is 2.55 bits per heavy atom. The Hall–Kier alpha value is -3.57. The number of rotatable bonds is 16. The summed E-state index contributed by atoms with van der Waals surface area (Å²) in [6.45, 7) is 4.85. The highest BCUT2D eigenvalue weighted by atomic mass is 32.2. The summed E-state index contributed by atoms with van der Waals surface area (Å²) in [6, 6.07) is 4.60. The number of piperidine rings is 1. The van der Waals surface area contributed by atoms with Crippen molar-refractivity contribution in [1.82, 2.24) is 18.8 Å². The van der Waals surface area contributed by atoms with Gasteiger partial charge < -0.3 is 14.3 Å². The maximum Gasteiger partial charge on any atom is 0.477 e. The van der Waals surface area contributed by atoms with Gasteiger partial charge in [-0.2, -0.15) is 23.7 Å². The Balaban J connectivity index is 1.67. The first-order valence-corrected chi connectivity index (χ1v) is 16.0. The fourth-order valence-corrected chi connectivity index (χ4v) is 6.82. The standard InChI is InChI=1S/C28H41N6O9S/c1-6-8-20-17-32(3)25-24(20)29-26(30-27(25)35)22-16-21(9-10-23(22)41-15-7-2)44(37,38)33-13-11-28(12-14-33,18-42-31-39-4)19-43-34(36)40-5/h9-10,16-17H,6-8,11-15,18-19,31H2,1-5H3/q+1/p+1. The second kappa shape index (κ2) is 14.5. The van der Waals surface area contributed by atoms with Gasteiger partial charge in [-0.25, -0.2) is 13.4 Å². The molecule has 16 heteroatoms. The molecule has 1 aromatic carbocycles. The number of nitrogens with one attached hydrogen (secondary N) is 1. The van der Waals surface area contributed by atoms with Gasteiger partial charge in [0.2, 0.25) is 10.0 Å². The largest absolute Gasteiger partial charge is 0.493 e. The van der Waals surface area contributed by atoms with Crippen LogP contribution in [0.15, 0.2) is 34.1 Å². The van der Waals surface area contributed by atoms with Crippen LogP contribution in [0.1, 0.15) is 45.1 Å². The number of aryl methyl sites for hydroxylation is 2. The second-order valence-electron chi connectivity index (χ2n) is 10.9. The predicted molar refractivity (Wildman–Crippen MR) is 158 cm³/mol. The molecule has 0 bridgehead atoms. The highest BCUT2D eigenvalue weighted by molar-refractivity contribution is 7.89. The highest BCUT2D eigenvalue weighted by Gasteiger charge is 2.42. The number of benzene rings is 1. The molecule has 3 aromatic rings. The SMILES string of the molecule is CCCOc1ccc(S(=O)(=O)N2CCC(CO[NH2+]OC)(CO[N+](=O)OC)CC2)cc1-c1nc2c(CCC)cn(C)c2c(=O)[nH]1. The first-order chi connectivity index (χ1) is 21.1. The molecule has 0 unspecified atom stereocenters.